The van der Waals surface area contributed by atoms with Gasteiger partial charge in [-0.2, -0.15) is 0 Å². The van der Waals surface area contributed by atoms with Crippen LogP contribution in [-0.4, -0.2) is 88.1 Å². The molecule has 1 aliphatic rings. The van der Waals surface area contributed by atoms with E-state index in [9.17, 15) is 9.59 Å². The number of rotatable bonds is 17. The molecule has 0 spiro atoms. The molecule has 2 amide bonds. The SMILES string of the molecule is C.C=CC(CC/C=C(\C)O/C=C/CC(/C=C\C)CCC(=O)N1CCN(C)CC1)/C(=C\c1cc(OC)cc(OC)c1)C(=O)N(C)C.CC.CC. The molecule has 0 saturated carbocycles. The number of nitrogens with zero attached hydrogens (tertiary/aromatic N) is 3. The number of likely N-dealkylation sites (N-methyl/N-ethyl adjacent to an activating group) is 2. The van der Waals surface area contributed by atoms with Crippen molar-refractivity contribution in [3.05, 3.63) is 78.3 Å². The second kappa shape index (κ2) is 28.1. The van der Waals surface area contributed by atoms with E-state index in [0.717, 1.165) is 50.3 Å². The number of amides is 2. The topological polar surface area (TPSA) is 71.5 Å². The molecule has 0 aliphatic carbocycles. The second-order valence-corrected chi connectivity index (χ2v) is 11.4. The quantitative estimate of drug-likeness (QED) is 0.0927. The first-order valence-electron chi connectivity index (χ1n) is 17.5. The molecule has 2 unspecified atom stereocenters. The van der Waals surface area contributed by atoms with E-state index in [-0.39, 0.29) is 31.1 Å². The van der Waals surface area contributed by atoms with E-state index >= 15 is 0 Å². The zero-order valence-electron chi connectivity index (χ0n) is 31.9. The predicted octanol–water partition coefficient (Wildman–Crippen LogP) is 9.02. The van der Waals surface area contributed by atoms with Gasteiger partial charge in [0.2, 0.25) is 11.8 Å². The van der Waals surface area contributed by atoms with Gasteiger partial charge in [-0.1, -0.05) is 53.3 Å². The third-order valence-electron chi connectivity index (χ3n) is 7.78. The highest BCUT2D eigenvalue weighted by atomic mass is 16.5. The van der Waals surface area contributed by atoms with Crippen LogP contribution in [0.15, 0.2) is 72.8 Å². The summed E-state index contributed by atoms with van der Waals surface area (Å²) in [5.41, 5.74) is 1.46. The maximum atomic E-state index is 13.2. The highest BCUT2D eigenvalue weighted by molar-refractivity contribution is 5.98. The molecule has 8 heteroatoms. The fraction of sp³-hybridized carbons (Fsp3) is 0.561. The third kappa shape index (κ3) is 18.5. The summed E-state index contributed by atoms with van der Waals surface area (Å²) >= 11 is 0. The normalized spacial score (nSPS) is 14.8. The van der Waals surface area contributed by atoms with E-state index in [2.05, 4.69) is 30.7 Å². The molecule has 0 bridgehead atoms. The summed E-state index contributed by atoms with van der Waals surface area (Å²) in [6.45, 7) is 19.5. The van der Waals surface area contributed by atoms with Gasteiger partial charge in [0.1, 0.15) is 11.5 Å². The fourth-order valence-electron chi connectivity index (χ4n) is 5.07. The summed E-state index contributed by atoms with van der Waals surface area (Å²) in [7, 11) is 8.80. The number of carbonyl (C=O) groups is 2. The molecular weight excluding hydrogens is 614 g/mol. The van der Waals surface area contributed by atoms with Crippen LogP contribution < -0.4 is 9.47 Å². The lowest BCUT2D eigenvalue weighted by atomic mass is 9.91. The third-order valence-corrected chi connectivity index (χ3v) is 7.78. The van der Waals surface area contributed by atoms with Crippen LogP contribution in [0.1, 0.15) is 86.6 Å². The van der Waals surface area contributed by atoms with Crippen LogP contribution in [0.4, 0.5) is 0 Å². The molecular formula is C41H69N3O5. The Morgan fingerprint density at radius 2 is 1.57 bits per heavy atom. The van der Waals surface area contributed by atoms with Crippen LogP contribution in [0.5, 0.6) is 11.5 Å². The number of hydrogen-bond donors (Lipinski definition) is 0. The van der Waals surface area contributed by atoms with Crippen molar-refractivity contribution < 1.29 is 23.8 Å². The van der Waals surface area contributed by atoms with Gasteiger partial charge < -0.3 is 28.9 Å². The van der Waals surface area contributed by atoms with E-state index in [4.69, 9.17) is 14.2 Å². The maximum absolute atomic E-state index is 13.2. The van der Waals surface area contributed by atoms with E-state index in [1.54, 1.807) is 45.5 Å². The molecule has 1 aliphatic heterocycles. The average Bonchev–Trinajstić information content (AvgIpc) is 3.11. The van der Waals surface area contributed by atoms with Crippen LogP contribution in [0.3, 0.4) is 0 Å². The van der Waals surface area contributed by atoms with Gasteiger partial charge in [0.15, 0.2) is 0 Å². The van der Waals surface area contributed by atoms with Crippen molar-refractivity contribution in [1.82, 2.24) is 14.7 Å². The Kier molecular flexibility index (Phi) is 27.1. The molecule has 2 atom stereocenters. The first kappa shape index (κ1) is 47.3. The first-order valence-corrected chi connectivity index (χ1v) is 17.5. The van der Waals surface area contributed by atoms with Crippen molar-refractivity contribution >= 4 is 17.9 Å². The van der Waals surface area contributed by atoms with Crippen molar-refractivity contribution in [1.29, 1.82) is 0 Å². The number of hydrogen-bond acceptors (Lipinski definition) is 6. The van der Waals surface area contributed by atoms with Gasteiger partial charge in [-0.25, -0.2) is 0 Å². The van der Waals surface area contributed by atoms with Crippen molar-refractivity contribution in [2.75, 3.05) is 61.5 Å². The summed E-state index contributed by atoms with van der Waals surface area (Å²) in [6.07, 6.45) is 17.3. The van der Waals surface area contributed by atoms with Crippen molar-refractivity contribution in [2.45, 2.75) is 81.1 Å². The molecule has 1 fully saturated rings. The molecule has 2 rings (SSSR count). The number of piperazine rings is 1. The number of methoxy groups -OCH3 is 2. The standard InChI is InChI=1S/C36H53N3O5.2C2H6.CH4/c1-9-13-29(17-18-35(40)39-21-19-38(6)20-22-39)15-12-23-44-28(3)14-11-16-31(10-2)34(36(41)37(4)5)26-30-24-32(42-7)27-33(25-30)43-8;2*1-2;/h9-10,12-14,23-27,29,31H,2,11,15-22H2,1,3-8H3;2*1-2H3;1H4/b13-9-,23-12+,28-14+,34-26+;;;. The summed E-state index contributed by atoms with van der Waals surface area (Å²) in [5, 5.41) is 0. The Labute approximate surface area is 300 Å². The summed E-state index contributed by atoms with van der Waals surface area (Å²) in [4.78, 5) is 31.7. The maximum Gasteiger partial charge on any atom is 0.249 e. The lowest BCUT2D eigenvalue weighted by molar-refractivity contribution is -0.133. The molecule has 1 aromatic carbocycles. The van der Waals surface area contributed by atoms with E-state index in [1.807, 2.05) is 82.9 Å². The predicted molar refractivity (Wildman–Crippen MR) is 209 cm³/mol. The minimum Gasteiger partial charge on any atom is -0.497 e. The number of ether oxygens (including phenoxy) is 3. The summed E-state index contributed by atoms with van der Waals surface area (Å²) < 4.78 is 16.7. The van der Waals surface area contributed by atoms with E-state index in [1.165, 1.54) is 0 Å². The first-order chi connectivity index (χ1) is 23.1. The Bertz CT molecular complexity index is 1170. The summed E-state index contributed by atoms with van der Waals surface area (Å²) in [6, 6.07) is 5.55. The Hall–Kier alpha value is -3.78. The van der Waals surface area contributed by atoms with E-state index < -0.39 is 0 Å². The molecule has 0 N–H and O–H groups in total. The van der Waals surface area contributed by atoms with Gasteiger partial charge in [0.25, 0.3) is 0 Å². The van der Waals surface area contributed by atoms with Crippen molar-refractivity contribution in [3.8, 4) is 11.5 Å². The smallest absolute Gasteiger partial charge is 0.249 e. The van der Waals surface area contributed by atoms with Crippen LogP contribution in [0, 0.1) is 11.8 Å². The van der Waals surface area contributed by atoms with Crippen LogP contribution in [0.25, 0.3) is 6.08 Å². The number of allylic oxidation sites excluding steroid dienone is 6. The van der Waals surface area contributed by atoms with Gasteiger partial charge in [-0.05, 0) is 88.4 Å². The van der Waals surface area contributed by atoms with Gasteiger partial charge in [0.05, 0.1) is 26.2 Å². The number of carbonyl (C=O) groups excluding carboxylic acids is 2. The lowest BCUT2D eigenvalue weighted by Crippen LogP contribution is -2.47. The van der Waals surface area contributed by atoms with Crippen LogP contribution in [0.2, 0.25) is 0 Å². The molecule has 49 heavy (non-hydrogen) atoms. The Morgan fingerprint density at radius 1 is 0.980 bits per heavy atom. The summed E-state index contributed by atoms with van der Waals surface area (Å²) in [5.74, 6) is 2.41. The monoisotopic (exact) mass is 684 g/mol. The van der Waals surface area contributed by atoms with Crippen LogP contribution in [-0.2, 0) is 14.3 Å². The van der Waals surface area contributed by atoms with E-state index in [0.29, 0.717) is 36.3 Å². The minimum atomic E-state index is -0.156. The highest BCUT2D eigenvalue weighted by Gasteiger charge is 2.21. The van der Waals surface area contributed by atoms with Gasteiger partial charge in [-0.15, -0.1) is 6.58 Å². The highest BCUT2D eigenvalue weighted by Crippen LogP contribution is 2.28. The Balaban J connectivity index is 0. The Morgan fingerprint density at radius 3 is 2.08 bits per heavy atom. The molecule has 278 valence electrons. The zero-order valence-corrected chi connectivity index (χ0v) is 31.9. The van der Waals surface area contributed by atoms with Crippen molar-refractivity contribution in [3.63, 3.8) is 0 Å². The molecule has 8 nitrogen and oxygen atoms in total. The second-order valence-electron chi connectivity index (χ2n) is 11.4. The fourth-order valence-corrected chi connectivity index (χ4v) is 5.07. The largest absolute Gasteiger partial charge is 0.497 e. The minimum absolute atomic E-state index is 0. The van der Waals surface area contributed by atoms with Gasteiger partial charge in [0, 0.05) is 64.3 Å². The molecule has 1 aromatic rings. The van der Waals surface area contributed by atoms with Gasteiger partial charge in [-0.3, -0.25) is 9.59 Å². The van der Waals surface area contributed by atoms with Crippen molar-refractivity contribution in [2.24, 2.45) is 11.8 Å². The molecule has 0 aromatic heterocycles. The van der Waals surface area contributed by atoms with Gasteiger partial charge >= 0.3 is 0 Å². The number of benzene rings is 1. The zero-order chi connectivity index (χ0) is 36.5. The molecule has 0 radical (unpaired) electrons. The van der Waals surface area contributed by atoms with Crippen LogP contribution >= 0.6 is 0 Å². The average molecular weight is 684 g/mol. The molecule has 1 heterocycles. The molecule has 1 saturated heterocycles. The lowest BCUT2D eigenvalue weighted by Gasteiger charge is -2.32.